The number of aromatic amines is 1. The second-order valence-corrected chi connectivity index (χ2v) is 14.0. The summed E-state index contributed by atoms with van der Waals surface area (Å²) < 4.78 is 6.50. The van der Waals surface area contributed by atoms with Crippen LogP contribution in [0.2, 0.25) is 0 Å². The van der Waals surface area contributed by atoms with Gasteiger partial charge in [0.2, 0.25) is 0 Å². The van der Waals surface area contributed by atoms with Gasteiger partial charge in [0, 0.05) is 10.8 Å². The highest BCUT2D eigenvalue weighted by Crippen LogP contribution is 2.41. The van der Waals surface area contributed by atoms with Crippen molar-refractivity contribution in [3.05, 3.63) is 188 Å². The van der Waals surface area contributed by atoms with Crippen molar-refractivity contribution in [3.63, 3.8) is 0 Å². The first-order valence-corrected chi connectivity index (χ1v) is 18.6. The molecular formula is C51H32N3O+. The molecule has 1 N–H and O–H groups in total. The van der Waals surface area contributed by atoms with Crippen LogP contribution in [0.5, 0.6) is 0 Å². The van der Waals surface area contributed by atoms with Crippen molar-refractivity contribution in [1.29, 1.82) is 0 Å². The summed E-state index contributed by atoms with van der Waals surface area (Å²) in [5.74, 6) is 2.18. The van der Waals surface area contributed by atoms with Gasteiger partial charge in [-0.05, 0) is 115 Å². The molecule has 0 fully saturated rings. The van der Waals surface area contributed by atoms with Gasteiger partial charge in [0.25, 0.3) is 11.6 Å². The maximum atomic E-state index is 6.50. The summed E-state index contributed by atoms with van der Waals surface area (Å²) in [4.78, 5) is 13.6. The zero-order valence-corrected chi connectivity index (χ0v) is 29.7. The average Bonchev–Trinajstić information content (AvgIpc) is 3.65. The summed E-state index contributed by atoms with van der Waals surface area (Å²) in [7, 11) is 0. The summed E-state index contributed by atoms with van der Waals surface area (Å²) in [5, 5.41) is 9.80. The molecule has 11 rings (SSSR count). The number of H-pyrrole nitrogens is 1. The van der Waals surface area contributed by atoms with Gasteiger partial charge < -0.3 is 4.42 Å². The van der Waals surface area contributed by atoms with E-state index in [1.54, 1.807) is 0 Å². The first-order valence-electron chi connectivity index (χ1n) is 18.6. The van der Waals surface area contributed by atoms with Crippen molar-refractivity contribution in [2.75, 3.05) is 0 Å². The topological polar surface area (TPSA) is 53.1 Å². The monoisotopic (exact) mass is 702 g/mol. The van der Waals surface area contributed by atoms with Crippen LogP contribution in [-0.4, -0.2) is 9.97 Å². The van der Waals surface area contributed by atoms with E-state index in [0.717, 1.165) is 67.0 Å². The van der Waals surface area contributed by atoms with Gasteiger partial charge in [-0.3, -0.25) is 0 Å². The van der Waals surface area contributed by atoms with Gasteiger partial charge in [-0.25, -0.2) is 4.98 Å². The van der Waals surface area contributed by atoms with E-state index in [0.29, 0.717) is 5.82 Å². The highest BCUT2D eigenvalue weighted by molar-refractivity contribution is 6.26. The minimum atomic E-state index is 0.654. The Morgan fingerprint density at radius 3 is 1.49 bits per heavy atom. The van der Waals surface area contributed by atoms with Gasteiger partial charge >= 0.3 is 5.82 Å². The molecule has 11 aromatic rings. The molecule has 55 heavy (non-hydrogen) atoms. The van der Waals surface area contributed by atoms with Gasteiger partial charge in [0.1, 0.15) is 11.2 Å². The van der Waals surface area contributed by atoms with Crippen LogP contribution in [0.1, 0.15) is 0 Å². The number of furan rings is 1. The van der Waals surface area contributed by atoms with E-state index in [1.165, 1.54) is 37.9 Å². The van der Waals surface area contributed by atoms with E-state index >= 15 is 0 Å². The third kappa shape index (κ3) is 5.26. The fourth-order valence-electron chi connectivity index (χ4n) is 8.16. The maximum Gasteiger partial charge on any atom is 0.308 e. The standard InChI is InChI=1S/C51H31N3O/c1-3-13-32(14-4-1)49-52-50(33-15-5-2-6-16-33)54-51(53-49)37-18-11-17-36(29-37)38-23-12-24-47-48(38)45-31-35(26-28-46(45)55-47)34-25-27-43-41-21-8-7-19-39(41)40-20-9-10-22-42(40)44(43)30-34/h1-31H/p+1. The van der Waals surface area contributed by atoms with Crippen LogP contribution in [0.3, 0.4) is 0 Å². The minimum Gasteiger partial charge on any atom is -0.456 e. The molecule has 2 aromatic heterocycles. The number of nitrogens with zero attached hydrogens (tertiary/aromatic N) is 2. The molecule has 9 aromatic carbocycles. The third-order valence-corrected chi connectivity index (χ3v) is 10.8. The number of aromatic nitrogens is 3. The van der Waals surface area contributed by atoms with Gasteiger partial charge in [-0.1, -0.05) is 137 Å². The van der Waals surface area contributed by atoms with Crippen LogP contribution in [0.15, 0.2) is 192 Å². The van der Waals surface area contributed by atoms with Crippen molar-refractivity contribution >= 4 is 54.3 Å². The zero-order chi connectivity index (χ0) is 36.3. The molecule has 2 heterocycles. The van der Waals surface area contributed by atoms with E-state index in [-0.39, 0.29) is 0 Å². The third-order valence-electron chi connectivity index (χ3n) is 10.8. The van der Waals surface area contributed by atoms with E-state index in [1.807, 2.05) is 36.4 Å². The smallest absolute Gasteiger partial charge is 0.308 e. The Morgan fingerprint density at radius 1 is 0.327 bits per heavy atom. The lowest BCUT2D eigenvalue weighted by Gasteiger charge is -2.12. The molecule has 0 amide bonds. The summed E-state index contributed by atoms with van der Waals surface area (Å²) in [6.45, 7) is 0. The molecule has 0 aliphatic heterocycles. The second kappa shape index (κ2) is 12.6. The molecule has 0 unspecified atom stereocenters. The molecular weight excluding hydrogens is 671 g/mol. The molecule has 256 valence electrons. The zero-order valence-electron chi connectivity index (χ0n) is 29.7. The Morgan fingerprint density at radius 2 is 0.836 bits per heavy atom. The molecule has 0 bridgehead atoms. The van der Waals surface area contributed by atoms with Crippen molar-refractivity contribution in [2.45, 2.75) is 0 Å². The lowest BCUT2D eigenvalue weighted by molar-refractivity contribution is -0.359. The molecule has 0 aliphatic rings. The lowest BCUT2D eigenvalue weighted by atomic mass is 9.91. The van der Waals surface area contributed by atoms with E-state index in [4.69, 9.17) is 14.4 Å². The van der Waals surface area contributed by atoms with Crippen LogP contribution in [0.4, 0.5) is 0 Å². The van der Waals surface area contributed by atoms with Crippen LogP contribution in [0, 0.1) is 0 Å². The second-order valence-electron chi connectivity index (χ2n) is 14.0. The predicted molar refractivity (Wildman–Crippen MR) is 226 cm³/mol. The lowest BCUT2D eigenvalue weighted by Crippen LogP contribution is -2.16. The maximum absolute atomic E-state index is 6.50. The summed E-state index contributed by atoms with van der Waals surface area (Å²) in [5.41, 5.74) is 9.13. The molecule has 0 radical (unpaired) electrons. The van der Waals surface area contributed by atoms with Crippen molar-refractivity contribution < 1.29 is 9.40 Å². The number of hydrogen-bond donors (Lipinski definition) is 0. The molecule has 0 atom stereocenters. The predicted octanol–water partition coefficient (Wildman–Crippen LogP) is 13.0. The number of rotatable bonds is 5. The molecule has 0 saturated carbocycles. The fourth-order valence-corrected chi connectivity index (χ4v) is 8.16. The average molecular weight is 703 g/mol. The molecule has 4 heteroatoms. The molecule has 4 nitrogen and oxygen atoms in total. The Labute approximate surface area is 317 Å². The summed E-state index contributed by atoms with van der Waals surface area (Å²) in [6.07, 6.45) is 0. The quantitative estimate of drug-likeness (QED) is 0.168. The number of fused-ring (bicyclic) bond motifs is 9. The SMILES string of the molecule is c1ccc(-c2nc(-c3cccc(-c4cccc5oc6ccc(-c7ccc8c9ccccc9c9ccccc9c8c7)cc6c45)c3)nc(-c3ccccc3)[nH+]2)cc1. The van der Waals surface area contributed by atoms with Gasteiger partial charge in [0.05, 0.1) is 16.7 Å². The Bertz CT molecular complexity index is 3170. The van der Waals surface area contributed by atoms with Crippen molar-refractivity contribution in [2.24, 2.45) is 0 Å². The van der Waals surface area contributed by atoms with E-state index in [9.17, 15) is 0 Å². The highest BCUT2D eigenvalue weighted by atomic mass is 16.3. The van der Waals surface area contributed by atoms with Crippen LogP contribution < -0.4 is 4.98 Å². The van der Waals surface area contributed by atoms with Crippen molar-refractivity contribution in [3.8, 4) is 56.4 Å². The molecule has 0 spiro atoms. The van der Waals surface area contributed by atoms with Gasteiger partial charge in [-0.2, -0.15) is 0 Å². The fraction of sp³-hybridized carbons (Fsp3) is 0. The van der Waals surface area contributed by atoms with Crippen LogP contribution in [0.25, 0.3) is 111 Å². The van der Waals surface area contributed by atoms with Gasteiger partial charge in [-0.15, -0.1) is 0 Å². The summed E-state index contributed by atoms with van der Waals surface area (Å²) >= 11 is 0. The number of nitrogens with one attached hydrogen (secondary N) is 1. The van der Waals surface area contributed by atoms with Crippen LogP contribution in [-0.2, 0) is 0 Å². The first-order chi connectivity index (χ1) is 27.2. The Hall–Kier alpha value is -7.43. The van der Waals surface area contributed by atoms with E-state index < -0.39 is 0 Å². The van der Waals surface area contributed by atoms with Gasteiger partial charge in [0.15, 0.2) is 0 Å². The minimum absolute atomic E-state index is 0.654. The van der Waals surface area contributed by atoms with Crippen molar-refractivity contribution in [1.82, 2.24) is 9.97 Å². The number of hydrogen-bond acceptors (Lipinski definition) is 3. The molecule has 0 saturated heterocycles. The number of benzene rings is 9. The normalized spacial score (nSPS) is 11.6. The highest BCUT2D eigenvalue weighted by Gasteiger charge is 2.21. The van der Waals surface area contributed by atoms with E-state index in [2.05, 4.69) is 157 Å². The Kier molecular flexibility index (Phi) is 7.14. The summed E-state index contributed by atoms with van der Waals surface area (Å²) in [6, 6.07) is 66.1. The first kappa shape index (κ1) is 31.1. The largest absolute Gasteiger partial charge is 0.456 e. The Balaban J connectivity index is 1.05. The molecule has 0 aliphatic carbocycles. The van der Waals surface area contributed by atoms with Crippen LogP contribution >= 0.6 is 0 Å².